The highest BCUT2D eigenvalue weighted by Gasteiger charge is 2.18. The molecule has 2 N–H and O–H groups in total. The Balaban J connectivity index is 1.88. The molecule has 0 spiro atoms. The molecule has 2 heterocycles. The van der Waals surface area contributed by atoms with Crippen molar-refractivity contribution in [2.45, 2.75) is 13.3 Å². The third-order valence-corrected chi connectivity index (χ3v) is 4.18. The summed E-state index contributed by atoms with van der Waals surface area (Å²) in [5, 5.41) is 1.18. The lowest BCUT2D eigenvalue weighted by Crippen LogP contribution is -2.47. The van der Waals surface area contributed by atoms with Gasteiger partial charge in [0.15, 0.2) is 5.13 Å². The Labute approximate surface area is 101 Å². The van der Waals surface area contributed by atoms with Gasteiger partial charge in [-0.15, -0.1) is 11.3 Å². The summed E-state index contributed by atoms with van der Waals surface area (Å²) in [5.41, 5.74) is 5.56. The standard InChI is InChI=1S/C11H20N4S/c1-2-10-9-13-11(16-10)15-7-5-14(4-3-12)6-8-15/h9H,2-8,12H2,1H3. The summed E-state index contributed by atoms with van der Waals surface area (Å²) in [6.07, 6.45) is 3.09. The number of nitrogens with two attached hydrogens (primary N) is 1. The number of aromatic nitrogens is 1. The molecular formula is C11H20N4S. The maximum Gasteiger partial charge on any atom is 0.185 e. The maximum absolute atomic E-state index is 5.56. The number of nitrogens with zero attached hydrogens (tertiary/aromatic N) is 3. The summed E-state index contributed by atoms with van der Waals surface area (Å²) >= 11 is 1.83. The Morgan fingerprint density at radius 3 is 2.69 bits per heavy atom. The lowest BCUT2D eigenvalue weighted by atomic mass is 10.3. The molecule has 1 saturated heterocycles. The molecule has 0 radical (unpaired) electrons. The number of anilines is 1. The normalized spacial score (nSPS) is 18.0. The second-order valence-electron chi connectivity index (χ2n) is 4.08. The molecule has 1 aromatic heterocycles. The van der Waals surface area contributed by atoms with Gasteiger partial charge in [-0.25, -0.2) is 4.98 Å². The van der Waals surface area contributed by atoms with E-state index in [4.69, 9.17) is 5.73 Å². The number of hydrogen-bond donors (Lipinski definition) is 1. The zero-order valence-electron chi connectivity index (χ0n) is 9.85. The predicted molar refractivity (Wildman–Crippen MR) is 69.2 cm³/mol. The molecule has 1 aliphatic rings. The van der Waals surface area contributed by atoms with E-state index in [9.17, 15) is 0 Å². The van der Waals surface area contributed by atoms with Crippen molar-refractivity contribution in [1.29, 1.82) is 0 Å². The third-order valence-electron chi connectivity index (χ3n) is 2.98. The minimum Gasteiger partial charge on any atom is -0.346 e. The first-order valence-electron chi connectivity index (χ1n) is 5.95. The fraction of sp³-hybridized carbons (Fsp3) is 0.727. The Bertz CT molecular complexity index is 318. The van der Waals surface area contributed by atoms with Crippen molar-refractivity contribution in [3.63, 3.8) is 0 Å². The number of thiazole rings is 1. The average Bonchev–Trinajstić information content (AvgIpc) is 2.79. The third kappa shape index (κ3) is 2.72. The number of rotatable bonds is 4. The van der Waals surface area contributed by atoms with E-state index in [0.29, 0.717) is 0 Å². The molecule has 4 nitrogen and oxygen atoms in total. The lowest BCUT2D eigenvalue weighted by Gasteiger charge is -2.34. The van der Waals surface area contributed by atoms with Crippen molar-refractivity contribution in [1.82, 2.24) is 9.88 Å². The zero-order valence-corrected chi connectivity index (χ0v) is 10.7. The van der Waals surface area contributed by atoms with E-state index in [-0.39, 0.29) is 0 Å². The van der Waals surface area contributed by atoms with Crippen LogP contribution in [0.2, 0.25) is 0 Å². The Hall–Kier alpha value is -0.650. The SMILES string of the molecule is CCc1cnc(N2CCN(CCN)CC2)s1. The monoisotopic (exact) mass is 240 g/mol. The number of piperazine rings is 1. The molecule has 0 unspecified atom stereocenters. The highest BCUT2D eigenvalue weighted by atomic mass is 32.1. The molecule has 0 saturated carbocycles. The average molecular weight is 240 g/mol. The van der Waals surface area contributed by atoms with Crippen LogP contribution in [0.5, 0.6) is 0 Å². The van der Waals surface area contributed by atoms with Gasteiger partial charge in [-0.1, -0.05) is 6.92 Å². The van der Waals surface area contributed by atoms with Crippen LogP contribution in [-0.2, 0) is 6.42 Å². The van der Waals surface area contributed by atoms with Gasteiger partial charge in [0.05, 0.1) is 0 Å². The lowest BCUT2D eigenvalue weighted by molar-refractivity contribution is 0.265. The molecule has 5 heteroatoms. The fourth-order valence-corrected chi connectivity index (χ4v) is 2.85. The fourth-order valence-electron chi connectivity index (χ4n) is 1.95. The van der Waals surface area contributed by atoms with Crippen LogP contribution in [0, 0.1) is 0 Å². The van der Waals surface area contributed by atoms with E-state index in [1.165, 1.54) is 10.0 Å². The molecular weight excluding hydrogens is 220 g/mol. The number of aryl methyl sites for hydroxylation is 1. The second-order valence-corrected chi connectivity index (χ2v) is 5.17. The summed E-state index contributed by atoms with van der Waals surface area (Å²) in [6.45, 7) is 8.34. The van der Waals surface area contributed by atoms with Crippen LogP contribution in [0.3, 0.4) is 0 Å². The van der Waals surface area contributed by atoms with E-state index >= 15 is 0 Å². The van der Waals surface area contributed by atoms with Gasteiger partial charge in [0.2, 0.25) is 0 Å². The quantitative estimate of drug-likeness (QED) is 0.845. The highest BCUT2D eigenvalue weighted by molar-refractivity contribution is 7.15. The van der Waals surface area contributed by atoms with Crippen LogP contribution >= 0.6 is 11.3 Å². The summed E-state index contributed by atoms with van der Waals surface area (Å²) in [5.74, 6) is 0. The molecule has 1 aromatic rings. The van der Waals surface area contributed by atoms with Crippen LogP contribution in [0.4, 0.5) is 5.13 Å². The van der Waals surface area contributed by atoms with E-state index in [1.807, 2.05) is 17.5 Å². The number of hydrogen-bond acceptors (Lipinski definition) is 5. The van der Waals surface area contributed by atoms with Crippen molar-refractivity contribution in [3.8, 4) is 0 Å². The van der Waals surface area contributed by atoms with Crippen LogP contribution in [-0.4, -0.2) is 49.2 Å². The van der Waals surface area contributed by atoms with E-state index in [1.54, 1.807) is 0 Å². The Kier molecular flexibility index (Phi) is 4.15. The topological polar surface area (TPSA) is 45.4 Å². The molecule has 16 heavy (non-hydrogen) atoms. The molecule has 0 bridgehead atoms. The Morgan fingerprint density at radius 1 is 1.38 bits per heavy atom. The van der Waals surface area contributed by atoms with Crippen LogP contribution in [0.1, 0.15) is 11.8 Å². The largest absolute Gasteiger partial charge is 0.346 e. The van der Waals surface area contributed by atoms with E-state index in [0.717, 1.165) is 45.7 Å². The second kappa shape index (κ2) is 5.61. The molecule has 2 rings (SSSR count). The molecule has 0 aromatic carbocycles. The van der Waals surface area contributed by atoms with Gasteiger partial charge in [0.25, 0.3) is 0 Å². The molecule has 0 atom stereocenters. The van der Waals surface area contributed by atoms with Gasteiger partial charge >= 0.3 is 0 Å². The van der Waals surface area contributed by atoms with Gasteiger partial charge in [-0.3, -0.25) is 4.90 Å². The van der Waals surface area contributed by atoms with Crippen molar-refractivity contribution in [2.24, 2.45) is 5.73 Å². The highest BCUT2D eigenvalue weighted by Crippen LogP contribution is 2.23. The minimum absolute atomic E-state index is 0.761. The Morgan fingerprint density at radius 2 is 2.12 bits per heavy atom. The van der Waals surface area contributed by atoms with Crippen LogP contribution < -0.4 is 10.6 Å². The maximum atomic E-state index is 5.56. The first kappa shape index (κ1) is 11.8. The summed E-state index contributed by atoms with van der Waals surface area (Å²) < 4.78 is 0. The van der Waals surface area contributed by atoms with Crippen molar-refractivity contribution in [3.05, 3.63) is 11.1 Å². The first-order chi connectivity index (χ1) is 7.83. The predicted octanol–water partition coefficient (Wildman–Crippen LogP) is 0.786. The molecule has 0 aliphatic carbocycles. The zero-order chi connectivity index (χ0) is 11.4. The van der Waals surface area contributed by atoms with Gasteiger partial charge in [-0.05, 0) is 6.42 Å². The summed E-state index contributed by atoms with van der Waals surface area (Å²) in [7, 11) is 0. The van der Waals surface area contributed by atoms with Crippen LogP contribution in [0.15, 0.2) is 6.20 Å². The minimum atomic E-state index is 0.761. The van der Waals surface area contributed by atoms with E-state index < -0.39 is 0 Å². The summed E-state index contributed by atoms with van der Waals surface area (Å²) in [6, 6.07) is 0. The summed E-state index contributed by atoms with van der Waals surface area (Å²) in [4.78, 5) is 10.7. The van der Waals surface area contributed by atoms with Crippen molar-refractivity contribution >= 4 is 16.5 Å². The smallest absolute Gasteiger partial charge is 0.185 e. The van der Waals surface area contributed by atoms with Gasteiger partial charge in [-0.2, -0.15) is 0 Å². The van der Waals surface area contributed by atoms with E-state index in [2.05, 4.69) is 21.7 Å². The van der Waals surface area contributed by atoms with Gasteiger partial charge in [0, 0.05) is 50.3 Å². The van der Waals surface area contributed by atoms with Gasteiger partial charge in [0.1, 0.15) is 0 Å². The van der Waals surface area contributed by atoms with Crippen molar-refractivity contribution in [2.75, 3.05) is 44.2 Å². The molecule has 1 aliphatic heterocycles. The van der Waals surface area contributed by atoms with Crippen LogP contribution in [0.25, 0.3) is 0 Å². The van der Waals surface area contributed by atoms with Crippen molar-refractivity contribution < 1.29 is 0 Å². The molecule has 0 amide bonds. The molecule has 1 fully saturated rings. The molecule has 90 valence electrons. The first-order valence-corrected chi connectivity index (χ1v) is 6.77. The van der Waals surface area contributed by atoms with Gasteiger partial charge < -0.3 is 10.6 Å².